The number of hydrogen-bond acceptors (Lipinski definition) is 4. The molecule has 0 bridgehead atoms. The quantitative estimate of drug-likeness (QED) is 0.400. The summed E-state index contributed by atoms with van der Waals surface area (Å²) >= 11 is 0. The van der Waals surface area contributed by atoms with Crippen molar-refractivity contribution in [3.8, 4) is 0 Å². The number of hydrogen-bond donors (Lipinski definition) is 2. The molecule has 4 aromatic rings. The van der Waals surface area contributed by atoms with E-state index in [0.29, 0.717) is 34.0 Å². The smallest absolute Gasteiger partial charge is 0.257 e. The zero-order valence-corrected chi connectivity index (χ0v) is 19.1. The van der Waals surface area contributed by atoms with Gasteiger partial charge in [0.25, 0.3) is 5.91 Å². The van der Waals surface area contributed by atoms with Gasteiger partial charge in [-0.1, -0.05) is 30.3 Å². The lowest BCUT2D eigenvalue weighted by molar-refractivity contribution is -0.124. The summed E-state index contributed by atoms with van der Waals surface area (Å²) in [5.74, 6) is -0.939. The number of pyridine rings is 1. The van der Waals surface area contributed by atoms with Crippen LogP contribution in [0.4, 0.5) is 22.7 Å². The summed E-state index contributed by atoms with van der Waals surface area (Å²) in [7, 11) is 0. The molecular formula is C26H21ClN4O3. The zero-order chi connectivity index (χ0) is 22.9. The number of aryl methyl sites for hydroxylation is 1. The number of carbonyl (C=O) groups is 3. The van der Waals surface area contributed by atoms with E-state index in [9.17, 15) is 14.4 Å². The van der Waals surface area contributed by atoms with Crippen molar-refractivity contribution in [3.63, 3.8) is 0 Å². The molecule has 3 aromatic carbocycles. The van der Waals surface area contributed by atoms with E-state index in [-0.39, 0.29) is 36.5 Å². The summed E-state index contributed by atoms with van der Waals surface area (Å²) < 4.78 is 0. The van der Waals surface area contributed by atoms with E-state index < -0.39 is 0 Å². The highest BCUT2D eigenvalue weighted by molar-refractivity contribution is 6.21. The summed E-state index contributed by atoms with van der Waals surface area (Å²) in [4.78, 5) is 43.7. The van der Waals surface area contributed by atoms with Gasteiger partial charge in [0, 0.05) is 28.7 Å². The topological polar surface area (TPSA) is 91.4 Å². The standard InChI is InChI=1S/C26H20N4O3.ClH/c1-16-20(7-4-14-27-16)26(33)28-18-9-11-19(12-10-18)30-22-13-8-17-5-2-3-6-21(17)25(22)29-23(31)15-24(30)32;/h2-14H,15H2,1H3,(H,28,33)(H,29,31);1H. The molecule has 1 aliphatic rings. The van der Waals surface area contributed by atoms with E-state index >= 15 is 0 Å². The van der Waals surface area contributed by atoms with E-state index in [4.69, 9.17) is 0 Å². The lowest BCUT2D eigenvalue weighted by Gasteiger charge is -2.23. The number of halogens is 1. The lowest BCUT2D eigenvalue weighted by atomic mass is 10.1. The van der Waals surface area contributed by atoms with Crippen LogP contribution in [0.25, 0.3) is 10.8 Å². The summed E-state index contributed by atoms with van der Waals surface area (Å²) in [6.07, 6.45) is 1.38. The van der Waals surface area contributed by atoms with Crippen molar-refractivity contribution in [3.05, 3.63) is 90.3 Å². The molecule has 1 aromatic heterocycles. The van der Waals surface area contributed by atoms with Crippen LogP contribution in [0.2, 0.25) is 0 Å². The van der Waals surface area contributed by atoms with Crippen molar-refractivity contribution in [2.45, 2.75) is 13.3 Å². The summed E-state index contributed by atoms with van der Waals surface area (Å²) in [6, 6.07) is 21.8. The second kappa shape index (κ2) is 9.33. The fourth-order valence-electron chi connectivity index (χ4n) is 4.01. The maximum atomic E-state index is 13.0. The van der Waals surface area contributed by atoms with Gasteiger partial charge in [0.2, 0.25) is 11.8 Å². The largest absolute Gasteiger partial charge is 0.323 e. The van der Waals surface area contributed by atoms with Gasteiger partial charge >= 0.3 is 0 Å². The number of nitrogens with zero attached hydrogens (tertiary/aromatic N) is 2. The van der Waals surface area contributed by atoms with Gasteiger partial charge in [0.15, 0.2) is 0 Å². The third-order valence-corrected chi connectivity index (χ3v) is 5.61. The van der Waals surface area contributed by atoms with Crippen molar-refractivity contribution < 1.29 is 14.4 Å². The Morgan fingerprint density at radius 2 is 1.74 bits per heavy atom. The molecule has 2 N–H and O–H groups in total. The van der Waals surface area contributed by atoms with Gasteiger partial charge in [-0.15, -0.1) is 12.4 Å². The van der Waals surface area contributed by atoms with Gasteiger partial charge in [-0.25, -0.2) is 0 Å². The van der Waals surface area contributed by atoms with Crippen LogP contribution in [0.5, 0.6) is 0 Å². The zero-order valence-electron chi connectivity index (χ0n) is 18.2. The van der Waals surface area contributed by atoms with E-state index in [0.717, 1.165) is 10.8 Å². The molecule has 0 radical (unpaired) electrons. The third-order valence-electron chi connectivity index (χ3n) is 5.61. The second-order valence-electron chi connectivity index (χ2n) is 7.77. The maximum absolute atomic E-state index is 13.0. The molecule has 0 unspecified atom stereocenters. The number of aromatic nitrogens is 1. The second-order valence-corrected chi connectivity index (χ2v) is 7.77. The van der Waals surface area contributed by atoms with E-state index in [1.54, 1.807) is 49.5 Å². The summed E-state index contributed by atoms with van der Waals surface area (Å²) in [5, 5.41) is 7.57. The fourth-order valence-corrected chi connectivity index (χ4v) is 4.01. The van der Waals surface area contributed by atoms with Crippen molar-refractivity contribution in [2.75, 3.05) is 15.5 Å². The molecule has 34 heavy (non-hydrogen) atoms. The van der Waals surface area contributed by atoms with Crippen LogP contribution < -0.4 is 15.5 Å². The van der Waals surface area contributed by atoms with E-state index in [2.05, 4.69) is 15.6 Å². The number of benzene rings is 3. The molecule has 5 rings (SSSR count). The minimum Gasteiger partial charge on any atom is -0.323 e. The Kier molecular flexibility index (Phi) is 6.30. The summed E-state index contributed by atoms with van der Waals surface area (Å²) in [5.41, 5.74) is 3.53. The Morgan fingerprint density at radius 3 is 2.50 bits per heavy atom. The lowest BCUT2D eigenvalue weighted by Crippen LogP contribution is -2.26. The molecular weight excluding hydrogens is 452 g/mol. The number of fused-ring (bicyclic) bond motifs is 3. The Labute approximate surface area is 202 Å². The van der Waals surface area contributed by atoms with Gasteiger partial charge in [0.05, 0.1) is 16.9 Å². The van der Waals surface area contributed by atoms with Crippen molar-refractivity contribution in [2.24, 2.45) is 0 Å². The average molecular weight is 473 g/mol. The molecule has 0 atom stereocenters. The molecule has 7 nitrogen and oxygen atoms in total. The molecule has 2 heterocycles. The molecule has 0 saturated carbocycles. The van der Waals surface area contributed by atoms with Crippen LogP contribution in [0.1, 0.15) is 22.5 Å². The highest BCUT2D eigenvalue weighted by Crippen LogP contribution is 2.40. The number of carbonyl (C=O) groups excluding carboxylic acids is 3. The van der Waals surface area contributed by atoms with Crippen LogP contribution in [0.15, 0.2) is 79.0 Å². The highest BCUT2D eigenvalue weighted by Gasteiger charge is 2.28. The van der Waals surface area contributed by atoms with E-state index in [1.165, 1.54) is 4.90 Å². The Hall–Kier alpha value is -4.23. The van der Waals surface area contributed by atoms with Crippen molar-refractivity contribution >= 4 is 63.7 Å². The number of rotatable bonds is 3. The van der Waals surface area contributed by atoms with Crippen molar-refractivity contribution in [1.29, 1.82) is 0 Å². The SMILES string of the molecule is Cc1ncccc1C(=O)Nc1ccc(N2C(=O)CC(=O)Nc3c2ccc2ccccc32)cc1.Cl. The number of nitrogens with one attached hydrogen (secondary N) is 2. The number of amides is 3. The Balaban J connectivity index is 0.00000274. The van der Waals surface area contributed by atoms with Crippen LogP contribution in [-0.4, -0.2) is 22.7 Å². The first-order valence-electron chi connectivity index (χ1n) is 10.5. The summed E-state index contributed by atoms with van der Waals surface area (Å²) in [6.45, 7) is 1.78. The van der Waals surface area contributed by atoms with Crippen LogP contribution in [0.3, 0.4) is 0 Å². The maximum Gasteiger partial charge on any atom is 0.257 e. The predicted octanol–water partition coefficient (Wildman–Crippen LogP) is 5.22. The fraction of sp³-hybridized carbons (Fsp3) is 0.0769. The van der Waals surface area contributed by atoms with E-state index in [1.807, 2.05) is 36.4 Å². The normalized spacial score (nSPS) is 12.9. The first kappa shape index (κ1) is 22.9. The predicted molar refractivity (Wildman–Crippen MR) is 135 cm³/mol. The molecule has 0 fully saturated rings. The van der Waals surface area contributed by atoms with Gasteiger partial charge in [-0.2, -0.15) is 0 Å². The molecule has 0 saturated heterocycles. The molecule has 8 heteroatoms. The van der Waals surface area contributed by atoms with Gasteiger partial charge < -0.3 is 10.6 Å². The van der Waals surface area contributed by atoms with Gasteiger partial charge in [-0.3, -0.25) is 24.3 Å². The highest BCUT2D eigenvalue weighted by atomic mass is 35.5. The van der Waals surface area contributed by atoms with Crippen LogP contribution in [0, 0.1) is 6.92 Å². The van der Waals surface area contributed by atoms with Gasteiger partial charge in [-0.05, 0) is 54.8 Å². The third kappa shape index (κ3) is 4.21. The molecule has 0 aliphatic carbocycles. The molecule has 1 aliphatic heterocycles. The first-order valence-corrected chi connectivity index (χ1v) is 10.5. The molecule has 170 valence electrons. The molecule has 3 amide bonds. The van der Waals surface area contributed by atoms with Gasteiger partial charge in [0.1, 0.15) is 6.42 Å². The Morgan fingerprint density at radius 1 is 0.971 bits per heavy atom. The first-order chi connectivity index (χ1) is 16.0. The minimum absolute atomic E-state index is 0. The van der Waals surface area contributed by atoms with Crippen LogP contribution >= 0.6 is 12.4 Å². The Bertz CT molecular complexity index is 1420. The monoisotopic (exact) mass is 472 g/mol. The van der Waals surface area contributed by atoms with Crippen molar-refractivity contribution in [1.82, 2.24) is 4.98 Å². The minimum atomic E-state index is -0.351. The van der Waals surface area contributed by atoms with Crippen LogP contribution in [-0.2, 0) is 9.59 Å². The molecule has 0 spiro atoms. The average Bonchev–Trinajstić information content (AvgIpc) is 2.94. The number of anilines is 4.